The number of carbonyl (C=O) groups is 1. The number of likely N-dealkylation sites (tertiary alicyclic amines) is 1. The van der Waals surface area contributed by atoms with E-state index >= 15 is 0 Å². The summed E-state index contributed by atoms with van der Waals surface area (Å²) in [5.74, 6) is 0.963. The molecule has 3 heterocycles. The molecule has 1 saturated heterocycles. The van der Waals surface area contributed by atoms with Crippen molar-refractivity contribution in [3.8, 4) is 6.01 Å². The predicted octanol–water partition coefficient (Wildman–Crippen LogP) is 6.07. The highest BCUT2D eigenvalue weighted by molar-refractivity contribution is 6.36. The minimum absolute atomic E-state index is 0.105. The quantitative estimate of drug-likeness (QED) is 0.294. The highest BCUT2D eigenvalue weighted by Gasteiger charge is 2.36. The molecule has 8 heteroatoms. The monoisotopic (exact) mass is 561 g/mol. The maximum absolute atomic E-state index is 12.2. The van der Waals surface area contributed by atoms with Crippen LogP contribution in [0.3, 0.4) is 0 Å². The number of allylic oxidation sites excluding steroid dienone is 2. The molecule has 7 nitrogen and oxygen atoms in total. The summed E-state index contributed by atoms with van der Waals surface area (Å²) in [4.78, 5) is 28.9. The van der Waals surface area contributed by atoms with E-state index in [4.69, 9.17) is 26.3 Å². The second-order valence-corrected chi connectivity index (χ2v) is 12.2. The molecule has 0 aliphatic carbocycles. The zero-order chi connectivity index (χ0) is 28.4. The number of rotatable bonds is 9. The van der Waals surface area contributed by atoms with Crippen LogP contribution in [0.5, 0.6) is 6.01 Å². The molecule has 5 rings (SSSR count). The van der Waals surface area contributed by atoms with E-state index in [-0.39, 0.29) is 11.3 Å². The fraction of sp³-hybridized carbons (Fsp3) is 0.469. The molecule has 1 atom stereocenters. The van der Waals surface area contributed by atoms with E-state index in [1.807, 2.05) is 26.1 Å². The van der Waals surface area contributed by atoms with E-state index < -0.39 is 0 Å². The molecule has 212 valence electrons. The van der Waals surface area contributed by atoms with Crippen LogP contribution in [0.25, 0.3) is 10.8 Å². The van der Waals surface area contributed by atoms with E-state index in [0.717, 1.165) is 64.5 Å². The van der Waals surface area contributed by atoms with E-state index in [2.05, 4.69) is 59.7 Å². The smallest absolute Gasteiger partial charge is 0.318 e. The molecule has 0 radical (unpaired) electrons. The molecular formula is C32H40ClN5O2. The average Bonchev–Trinajstić information content (AvgIpc) is 2.89. The Kier molecular flexibility index (Phi) is 8.34. The van der Waals surface area contributed by atoms with E-state index in [1.165, 1.54) is 0 Å². The summed E-state index contributed by atoms with van der Waals surface area (Å²) in [6.07, 6.45) is 5.75. The number of ketones is 1. The van der Waals surface area contributed by atoms with Gasteiger partial charge in [-0.25, -0.2) is 0 Å². The Labute approximate surface area is 242 Å². The number of benzene rings is 2. The van der Waals surface area contributed by atoms with Gasteiger partial charge in [0.2, 0.25) is 0 Å². The second kappa shape index (κ2) is 11.8. The highest BCUT2D eigenvalue weighted by atomic mass is 35.5. The Morgan fingerprint density at radius 1 is 1.18 bits per heavy atom. The van der Waals surface area contributed by atoms with Gasteiger partial charge in [0.15, 0.2) is 5.78 Å². The Morgan fingerprint density at radius 3 is 2.65 bits per heavy atom. The zero-order valence-corrected chi connectivity index (χ0v) is 25.0. The van der Waals surface area contributed by atoms with Gasteiger partial charge >= 0.3 is 6.01 Å². The molecule has 0 spiro atoms. The van der Waals surface area contributed by atoms with Crippen LogP contribution in [0.1, 0.15) is 51.8 Å². The molecule has 2 aliphatic heterocycles. The van der Waals surface area contributed by atoms with Crippen molar-refractivity contribution < 1.29 is 9.53 Å². The van der Waals surface area contributed by atoms with E-state index in [0.29, 0.717) is 38.2 Å². The first-order valence-corrected chi connectivity index (χ1v) is 14.6. The largest absolute Gasteiger partial charge is 0.462 e. The summed E-state index contributed by atoms with van der Waals surface area (Å²) in [7, 11) is 2.00. The molecule has 0 amide bonds. The lowest BCUT2D eigenvalue weighted by atomic mass is 9.94. The Bertz CT molecular complexity index is 1410. The van der Waals surface area contributed by atoms with Crippen LogP contribution in [0, 0.1) is 0 Å². The fourth-order valence-corrected chi connectivity index (χ4v) is 6.11. The molecule has 1 unspecified atom stereocenters. The number of ether oxygens (including phenoxy) is 1. The Morgan fingerprint density at radius 2 is 1.95 bits per heavy atom. The molecule has 0 bridgehead atoms. The topological polar surface area (TPSA) is 61.8 Å². The van der Waals surface area contributed by atoms with E-state index in [9.17, 15) is 4.79 Å². The normalized spacial score (nSPS) is 17.6. The summed E-state index contributed by atoms with van der Waals surface area (Å²) < 4.78 is 6.28. The Balaban J connectivity index is 1.44. The molecule has 3 aromatic rings. The van der Waals surface area contributed by atoms with Crippen molar-refractivity contribution in [2.24, 2.45) is 0 Å². The van der Waals surface area contributed by atoms with Crippen LogP contribution in [0.15, 0.2) is 48.6 Å². The lowest BCUT2D eigenvalue weighted by molar-refractivity contribution is -0.114. The minimum Gasteiger partial charge on any atom is -0.462 e. The third kappa shape index (κ3) is 5.96. The highest BCUT2D eigenvalue weighted by Crippen LogP contribution is 2.37. The lowest BCUT2D eigenvalue weighted by Crippen LogP contribution is -2.59. The van der Waals surface area contributed by atoms with Gasteiger partial charge < -0.3 is 14.5 Å². The van der Waals surface area contributed by atoms with Crippen LogP contribution in [-0.4, -0.2) is 65.5 Å². The maximum Gasteiger partial charge on any atom is 0.318 e. The van der Waals surface area contributed by atoms with Gasteiger partial charge in [0.05, 0.1) is 17.3 Å². The number of anilines is 2. The molecule has 2 aliphatic rings. The first-order chi connectivity index (χ1) is 19.2. The first kappa shape index (κ1) is 28.4. The number of fused-ring (bicyclic) bond motifs is 2. The van der Waals surface area contributed by atoms with Crippen LogP contribution in [-0.2, 0) is 17.8 Å². The van der Waals surface area contributed by atoms with Crippen molar-refractivity contribution in [1.82, 2.24) is 14.9 Å². The first-order valence-electron chi connectivity index (χ1n) is 14.2. The third-order valence-corrected chi connectivity index (χ3v) is 8.33. The van der Waals surface area contributed by atoms with Gasteiger partial charge in [-0.05, 0) is 64.1 Å². The Hall–Kier alpha value is -3.16. The van der Waals surface area contributed by atoms with Crippen molar-refractivity contribution in [2.45, 2.75) is 65.1 Å². The molecule has 40 heavy (non-hydrogen) atoms. The molecular weight excluding hydrogens is 522 g/mol. The van der Waals surface area contributed by atoms with Gasteiger partial charge in [0.25, 0.3) is 0 Å². The van der Waals surface area contributed by atoms with Gasteiger partial charge in [-0.2, -0.15) is 9.97 Å². The van der Waals surface area contributed by atoms with Gasteiger partial charge in [0, 0.05) is 61.3 Å². The van der Waals surface area contributed by atoms with Crippen LogP contribution in [0.2, 0.25) is 5.02 Å². The summed E-state index contributed by atoms with van der Waals surface area (Å²) in [5, 5.41) is 2.94. The summed E-state index contributed by atoms with van der Waals surface area (Å²) in [5.41, 5.74) is 3.30. The van der Waals surface area contributed by atoms with Crippen LogP contribution >= 0.6 is 11.6 Å². The van der Waals surface area contributed by atoms with Crippen LogP contribution < -0.4 is 14.5 Å². The van der Waals surface area contributed by atoms with Crippen LogP contribution in [0.4, 0.5) is 11.5 Å². The van der Waals surface area contributed by atoms with Crippen molar-refractivity contribution in [1.29, 1.82) is 0 Å². The SMILES string of the molecule is C/C=C/C(=O)CCN(C)c1nc(OCC2CCN2C(C)(C)C)nc2c1CCN(c1cccc3cccc(Cl)c13)C2. The minimum atomic E-state index is 0.105. The van der Waals surface area contributed by atoms with Crippen molar-refractivity contribution in [3.63, 3.8) is 0 Å². The van der Waals surface area contributed by atoms with Gasteiger partial charge in [-0.3, -0.25) is 9.69 Å². The molecule has 1 aromatic heterocycles. The molecule has 1 fully saturated rings. The van der Waals surface area contributed by atoms with E-state index in [1.54, 1.807) is 12.2 Å². The molecule has 0 N–H and O–H groups in total. The van der Waals surface area contributed by atoms with Crippen molar-refractivity contribution in [3.05, 3.63) is 64.8 Å². The zero-order valence-electron chi connectivity index (χ0n) is 24.3. The number of hydrogen-bond donors (Lipinski definition) is 0. The number of halogens is 1. The predicted molar refractivity (Wildman–Crippen MR) is 164 cm³/mol. The number of carbonyl (C=O) groups excluding carboxylic acids is 1. The summed E-state index contributed by atoms with van der Waals surface area (Å²) in [6, 6.07) is 13.1. The molecule has 2 aromatic carbocycles. The lowest BCUT2D eigenvalue weighted by Gasteiger charge is -2.49. The number of nitrogens with zero attached hydrogens (tertiary/aromatic N) is 5. The number of aromatic nitrogens is 2. The van der Waals surface area contributed by atoms with Gasteiger partial charge in [-0.1, -0.05) is 41.9 Å². The fourth-order valence-electron chi connectivity index (χ4n) is 5.84. The summed E-state index contributed by atoms with van der Waals surface area (Å²) >= 11 is 6.67. The van der Waals surface area contributed by atoms with Gasteiger partial charge in [-0.15, -0.1) is 0 Å². The van der Waals surface area contributed by atoms with Crippen molar-refractivity contribution >= 4 is 39.7 Å². The number of hydrogen-bond acceptors (Lipinski definition) is 7. The average molecular weight is 562 g/mol. The standard InChI is InChI=1S/C32H40ClN5O2/c1-6-9-24(39)15-17-36(5)30-25-16-18-37(28-13-8-11-22-10-7-12-26(33)29(22)28)20-27(25)34-31(35-30)40-21-23-14-19-38(23)32(2,3)4/h6-13,23H,14-21H2,1-5H3/b9-6+. The second-order valence-electron chi connectivity index (χ2n) is 11.8. The van der Waals surface area contributed by atoms with Crippen molar-refractivity contribution in [2.75, 3.05) is 43.1 Å². The third-order valence-electron chi connectivity index (χ3n) is 8.01. The summed E-state index contributed by atoms with van der Waals surface area (Å²) in [6.45, 7) is 12.3. The molecule has 0 saturated carbocycles. The maximum atomic E-state index is 12.2. The van der Waals surface area contributed by atoms with Gasteiger partial charge in [0.1, 0.15) is 12.4 Å².